The van der Waals surface area contributed by atoms with E-state index in [4.69, 9.17) is 4.74 Å². The van der Waals surface area contributed by atoms with Crippen LogP contribution in [0.2, 0.25) is 0 Å². The maximum atomic E-state index is 11.6. The van der Waals surface area contributed by atoms with Crippen LogP contribution in [0.4, 0.5) is 11.4 Å². The highest BCUT2D eigenvalue weighted by molar-refractivity contribution is 5.91. The van der Waals surface area contributed by atoms with Crippen molar-refractivity contribution in [3.05, 3.63) is 44.0 Å². The molecule has 0 bridgehead atoms. The molecule has 0 aliphatic carbocycles. The van der Waals surface area contributed by atoms with E-state index in [-0.39, 0.29) is 36.5 Å². The number of rotatable bonds is 8. The molecule has 9 nitrogen and oxygen atoms in total. The monoisotopic (exact) mass is 325 g/mol. The van der Waals surface area contributed by atoms with Gasteiger partial charge in [-0.2, -0.15) is 0 Å². The molecular weight excluding hydrogens is 306 g/mol. The molecule has 0 aliphatic rings. The Morgan fingerprint density at radius 1 is 1.30 bits per heavy atom. The Hall–Kier alpha value is -2.71. The van der Waals surface area contributed by atoms with Crippen LogP contribution in [0.15, 0.2) is 18.2 Å². The molecule has 0 unspecified atom stereocenters. The smallest absolute Gasteiger partial charge is 0.338 e. The first-order chi connectivity index (χ1) is 10.7. The van der Waals surface area contributed by atoms with Crippen molar-refractivity contribution in [2.75, 3.05) is 18.5 Å². The lowest BCUT2D eigenvalue weighted by Gasteiger charge is -2.16. The fraction of sp³-hybridized carbons (Fsp3) is 0.500. The molecular formula is C14H19N3O6. The third-order valence-corrected chi connectivity index (χ3v) is 3.25. The zero-order valence-electron chi connectivity index (χ0n) is 13.2. The zero-order valence-corrected chi connectivity index (χ0v) is 13.2. The minimum absolute atomic E-state index is 0.0784. The fourth-order valence-electron chi connectivity index (χ4n) is 1.77. The second kappa shape index (κ2) is 7.52. The van der Waals surface area contributed by atoms with Gasteiger partial charge in [-0.25, -0.2) is 4.79 Å². The lowest BCUT2D eigenvalue weighted by atomic mass is 10.0. The largest absolute Gasteiger partial charge is 0.462 e. The van der Waals surface area contributed by atoms with E-state index in [0.717, 1.165) is 6.07 Å². The molecule has 0 aliphatic heterocycles. The molecule has 0 atom stereocenters. The van der Waals surface area contributed by atoms with Gasteiger partial charge in [-0.05, 0) is 19.1 Å². The number of nitrogens with zero attached hydrogens (tertiary/aromatic N) is 2. The Morgan fingerprint density at radius 3 is 2.48 bits per heavy atom. The summed E-state index contributed by atoms with van der Waals surface area (Å²) in [7, 11) is 0. The topological polar surface area (TPSA) is 125 Å². The summed E-state index contributed by atoms with van der Waals surface area (Å²) < 4.78 is 4.80. The molecule has 0 aromatic heterocycles. The SMILES string of the molecule is CCOC(=O)c1ccc(NCCC(C)(C)[N+](=O)[O-])c([N+](=O)[O-])c1. The molecule has 1 rings (SSSR count). The first-order valence-electron chi connectivity index (χ1n) is 7.03. The molecule has 23 heavy (non-hydrogen) atoms. The van der Waals surface area contributed by atoms with E-state index in [2.05, 4.69) is 5.32 Å². The molecule has 0 amide bonds. The molecule has 0 spiro atoms. The predicted octanol–water partition coefficient (Wildman–Crippen LogP) is 2.63. The van der Waals surface area contributed by atoms with Crippen molar-refractivity contribution in [1.82, 2.24) is 0 Å². The van der Waals surface area contributed by atoms with Gasteiger partial charge in [0.2, 0.25) is 5.54 Å². The van der Waals surface area contributed by atoms with Gasteiger partial charge in [0.05, 0.1) is 17.1 Å². The highest BCUT2D eigenvalue weighted by Gasteiger charge is 2.30. The first-order valence-corrected chi connectivity index (χ1v) is 7.03. The number of ether oxygens (including phenoxy) is 1. The number of esters is 1. The lowest BCUT2D eigenvalue weighted by Crippen LogP contribution is -2.33. The van der Waals surface area contributed by atoms with Gasteiger partial charge in [0.25, 0.3) is 5.69 Å². The number of carbonyl (C=O) groups excluding carboxylic acids is 1. The Morgan fingerprint density at radius 2 is 1.96 bits per heavy atom. The average Bonchev–Trinajstić information content (AvgIpc) is 2.47. The number of hydrogen-bond acceptors (Lipinski definition) is 7. The van der Waals surface area contributed by atoms with Gasteiger partial charge in [0.15, 0.2) is 0 Å². The molecule has 1 aromatic rings. The van der Waals surface area contributed by atoms with Gasteiger partial charge < -0.3 is 10.1 Å². The molecule has 0 saturated carbocycles. The lowest BCUT2D eigenvalue weighted by molar-refractivity contribution is -0.560. The van der Waals surface area contributed by atoms with E-state index in [0.29, 0.717) is 0 Å². The van der Waals surface area contributed by atoms with Gasteiger partial charge in [-0.3, -0.25) is 20.2 Å². The van der Waals surface area contributed by atoms with E-state index < -0.39 is 21.4 Å². The van der Waals surface area contributed by atoms with Crippen molar-refractivity contribution in [3.63, 3.8) is 0 Å². The number of benzene rings is 1. The number of nitro benzene ring substituents is 1. The Kier molecular flexibility index (Phi) is 6.00. The predicted molar refractivity (Wildman–Crippen MR) is 83.2 cm³/mol. The van der Waals surface area contributed by atoms with Crippen LogP contribution in [0.3, 0.4) is 0 Å². The van der Waals surface area contributed by atoms with Crippen molar-refractivity contribution in [3.8, 4) is 0 Å². The van der Waals surface area contributed by atoms with Gasteiger partial charge in [-0.15, -0.1) is 0 Å². The molecule has 0 saturated heterocycles. The van der Waals surface area contributed by atoms with Crippen LogP contribution in [-0.2, 0) is 4.74 Å². The summed E-state index contributed by atoms with van der Waals surface area (Å²) in [5.41, 5.74) is -1.14. The second-order valence-corrected chi connectivity index (χ2v) is 5.46. The van der Waals surface area contributed by atoms with Crippen molar-refractivity contribution < 1.29 is 19.4 Å². The van der Waals surface area contributed by atoms with Crippen LogP contribution in [0, 0.1) is 20.2 Å². The Labute approximate surface area is 132 Å². The maximum Gasteiger partial charge on any atom is 0.338 e. The molecule has 1 N–H and O–H groups in total. The molecule has 0 fully saturated rings. The number of hydrogen-bond donors (Lipinski definition) is 1. The molecule has 0 heterocycles. The maximum absolute atomic E-state index is 11.6. The number of nitrogens with one attached hydrogen (secondary N) is 1. The summed E-state index contributed by atoms with van der Waals surface area (Å²) in [5, 5.41) is 24.8. The van der Waals surface area contributed by atoms with Crippen molar-refractivity contribution >= 4 is 17.3 Å². The number of nitro groups is 2. The van der Waals surface area contributed by atoms with Crippen molar-refractivity contribution in [2.24, 2.45) is 0 Å². The second-order valence-electron chi connectivity index (χ2n) is 5.46. The Bertz CT molecular complexity index is 615. The highest BCUT2D eigenvalue weighted by Crippen LogP contribution is 2.26. The summed E-state index contributed by atoms with van der Waals surface area (Å²) in [6, 6.07) is 3.93. The average molecular weight is 325 g/mol. The van der Waals surface area contributed by atoms with E-state index in [1.807, 2.05) is 0 Å². The van der Waals surface area contributed by atoms with Gasteiger partial charge in [0, 0.05) is 37.8 Å². The highest BCUT2D eigenvalue weighted by atomic mass is 16.6. The molecule has 0 radical (unpaired) electrons. The minimum atomic E-state index is -1.13. The summed E-state index contributed by atoms with van der Waals surface area (Å²) in [5.74, 6) is -0.642. The zero-order chi connectivity index (χ0) is 17.6. The quantitative estimate of drug-likeness (QED) is 0.442. The third kappa shape index (κ3) is 4.90. The summed E-state index contributed by atoms with van der Waals surface area (Å²) in [4.78, 5) is 32.6. The van der Waals surface area contributed by atoms with Crippen LogP contribution in [0.25, 0.3) is 0 Å². The first kappa shape index (κ1) is 18.3. The number of anilines is 1. The molecule has 1 aromatic carbocycles. The Balaban J connectivity index is 2.89. The van der Waals surface area contributed by atoms with Crippen LogP contribution in [0.5, 0.6) is 0 Å². The van der Waals surface area contributed by atoms with E-state index in [1.54, 1.807) is 6.92 Å². The fourth-order valence-corrected chi connectivity index (χ4v) is 1.77. The van der Waals surface area contributed by atoms with Gasteiger partial charge in [0.1, 0.15) is 5.69 Å². The standard InChI is InChI=1S/C14H19N3O6/c1-4-23-13(18)10-5-6-11(12(9-10)16(19)20)15-8-7-14(2,3)17(21)22/h5-6,9,15H,4,7-8H2,1-3H3. The molecule has 9 heteroatoms. The normalized spacial score (nSPS) is 10.9. The number of carbonyl (C=O) groups is 1. The van der Waals surface area contributed by atoms with Crippen molar-refractivity contribution in [2.45, 2.75) is 32.7 Å². The van der Waals surface area contributed by atoms with E-state index in [9.17, 15) is 25.0 Å². The van der Waals surface area contributed by atoms with Gasteiger partial charge in [-0.1, -0.05) is 0 Å². The van der Waals surface area contributed by atoms with Crippen LogP contribution < -0.4 is 5.32 Å². The molecule has 126 valence electrons. The van der Waals surface area contributed by atoms with Crippen LogP contribution in [-0.4, -0.2) is 34.5 Å². The summed E-state index contributed by atoms with van der Waals surface area (Å²) in [6.07, 6.45) is 0.191. The van der Waals surface area contributed by atoms with Crippen LogP contribution >= 0.6 is 0 Å². The summed E-state index contributed by atoms with van der Waals surface area (Å²) >= 11 is 0. The summed E-state index contributed by atoms with van der Waals surface area (Å²) in [6.45, 7) is 4.95. The van der Waals surface area contributed by atoms with E-state index >= 15 is 0 Å². The van der Waals surface area contributed by atoms with Gasteiger partial charge >= 0.3 is 5.97 Å². The van der Waals surface area contributed by atoms with Crippen molar-refractivity contribution in [1.29, 1.82) is 0 Å². The third-order valence-electron chi connectivity index (χ3n) is 3.25. The van der Waals surface area contributed by atoms with Crippen LogP contribution in [0.1, 0.15) is 37.6 Å². The minimum Gasteiger partial charge on any atom is -0.462 e. The van der Waals surface area contributed by atoms with E-state index in [1.165, 1.54) is 26.0 Å².